The quantitative estimate of drug-likeness (QED) is 0.541. The van der Waals surface area contributed by atoms with Crippen LogP contribution in [0.4, 0.5) is 4.39 Å². The first-order chi connectivity index (χ1) is 3.30. The molecule has 0 bridgehead atoms. The van der Waals surface area contributed by atoms with E-state index < -0.39 is 5.95 Å². The van der Waals surface area contributed by atoms with Crippen molar-refractivity contribution in [1.29, 1.82) is 0 Å². The number of hydrogen-bond acceptors (Lipinski definition) is 3. The molecule has 0 aliphatic carbocycles. The van der Waals surface area contributed by atoms with Crippen molar-refractivity contribution in [1.82, 2.24) is 8.75 Å². The lowest BCUT2D eigenvalue weighted by Crippen LogP contribution is -1.66. The Morgan fingerprint density at radius 2 is 2.29 bits per heavy atom. The fourth-order valence-electron chi connectivity index (χ4n) is 0.167. The summed E-state index contributed by atoms with van der Waals surface area (Å²) >= 11 is 5.85. The van der Waals surface area contributed by atoms with E-state index in [0.29, 0.717) is 0 Å². The Morgan fingerprint density at radius 3 is 2.43 bits per heavy atom. The van der Waals surface area contributed by atoms with E-state index in [1.807, 2.05) is 0 Å². The molecule has 2 nitrogen and oxygen atoms in total. The van der Waals surface area contributed by atoms with Gasteiger partial charge < -0.3 is 0 Å². The first-order valence-corrected chi connectivity index (χ1v) is 2.55. The highest BCUT2D eigenvalue weighted by Crippen LogP contribution is 2.08. The van der Waals surface area contributed by atoms with Crippen LogP contribution in [0.5, 0.6) is 0 Å². The van der Waals surface area contributed by atoms with E-state index in [1.54, 1.807) is 0 Å². The van der Waals surface area contributed by atoms with Gasteiger partial charge in [-0.25, -0.2) is 0 Å². The normalized spacial score (nSPS) is 9.43. The molecule has 1 heterocycles. The molecule has 1 rings (SSSR count). The fourth-order valence-corrected chi connectivity index (χ4v) is 0.698. The van der Waals surface area contributed by atoms with Crippen molar-refractivity contribution in [2.75, 3.05) is 0 Å². The monoisotopic (exact) mass is 138 g/mol. The molecule has 0 spiro atoms. The van der Waals surface area contributed by atoms with Crippen LogP contribution in [0.3, 0.4) is 0 Å². The van der Waals surface area contributed by atoms with E-state index in [4.69, 9.17) is 11.6 Å². The van der Waals surface area contributed by atoms with Gasteiger partial charge in [0.25, 0.3) is 5.95 Å². The summed E-state index contributed by atoms with van der Waals surface area (Å²) < 4.78 is 18.3. The molecule has 0 N–H and O–H groups in total. The van der Waals surface area contributed by atoms with Crippen molar-refractivity contribution in [3.05, 3.63) is 11.1 Å². The predicted molar refractivity (Wildman–Crippen MR) is 24.9 cm³/mol. The van der Waals surface area contributed by atoms with Crippen molar-refractivity contribution < 1.29 is 4.39 Å². The molecular formula is C2ClFN2S. The number of rotatable bonds is 0. The maximum atomic E-state index is 11.8. The number of hydrogen-bond donors (Lipinski definition) is 0. The third-order valence-corrected chi connectivity index (χ3v) is 1.26. The molecular weight excluding hydrogens is 139 g/mol. The molecule has 0 aliphatic rings. The van der Waals surface area contributed by atoms with E-state index in [0.717, 1.165) is 11.7 Å². The predicted octanol–water partition coefficient (Wildman–Crippen LogP) is 1.33. The Labute approximate surface area is 48.3 Å². The summed E-state index contributed by atoms with van der Waals surface area (Å²) in [5.74, 6) is -0.688. The molecule has 0 fully saturated rings. The van der Waals surface area contributed by atoms with E-state index in [-0.39, 0.29) is 5.15 Å². The lowest BCUT2D eigenvalue weighted by atomic mass is 10.9. The van der Waals surface area contributed by atoms with Crippen molar-refractivity contribution >= 4 is 23.3 Å². The highest BCUT2D eigenvalue weighted by atomic mass is 35.5. The number of nitrogens with zero attached hydrogens (tertiary/aromatic N) is 2. The molecule has 0 saturated carbocycles. The second-order valence-electron chi connectivity index (χ2n) is 0.846. The minimum absolute atomic E-state index is 0.148. The van der Waals surface area contributed by atoms with Gasteiger partial charge in [-0.1, -0.05) is 11.6 Å². The van der Waals surface area contributed by atoms with Gasteiger partial charge >= 0.3 is 0 Å². The second kappa shape index (κ2) is 1.71. The lowest BCUT2D eigenvalue weighted by molar-refractivity contribution is 0.596. The van der Waals surface area contributed by atoms with Crippen LogP contribution in [0.15, 0.2) is 0 Å². The second-order valence-corrected chi connectivity index (χ2v) is 1.73. The van der Waals surface area contributed by atoms with Crippen molar-refractivity contribution in [2.24, 2.45) is 0 Å². The third-order valence-electron chi connectivity index (χ3n) is 0.412. The van der Waals surface area contributed by atoms with Crippen molar-refractivity contribution in [3.63, 3.8) is 0 Å². The Morgan fingerprint density at radius 1 is 1.57 bits per heavy atom. The van der Waals surface area contributed by atoms with Crippen molar-refractivity contribution in [3.8, 4) is 0 Å². The summed E-state index contributed by atoms with van der Waals surface area (Å²) in [6.07, 6.45) is 0. The van der Waals surface area contributed by atoms with Crippen LogP contribution in [0.25, 0.3) is 0 Å². The molecule has 38 valence electrons. The zero-order valence-corrected chi connectivity index (χ0v) is 4.63. The van der Waals surface area contributed by atoms with Gasteiger partial charge in [-0.15, -0.1) is 4.37 Å². The molecule has 1 aromatic rings. The van der Waals surface area contributed by atoms with Crippen molar-refractivity contribution in [2.45, 2.75) is 0 Å². The maximum Gasteiger partial charge on any atom is 0.263 e. The summed E-state index contributed by atoms with van der Waals surface area (Å²) in [6, 6.07) is 0. The van der Waals surface area contributed by atoms with Crippen LogP contribution >= 0.6 is 23.3 Å². The van der Waals surface area contributed by atoms with Crippen LogP contribution in [0, 0.1) is 5.95 Å². The van der Waals surface area contributed by atoms with Crippen LogP contribution in [0.2, 0.25) is 5.15 Å². The Balaban J connectivity index is 3.12. The fraction of sp³-hybridized carbons (Fsp3) is 0. The zero-order valence-electron chi connectivity index (χ0n) is 3.06. The van der Waals surface area contributed by atoms with Gasteiger partial charge in [0.15, 0.2) is 5.15 Å². The van der Waals surface area contributed by atoms with E-state index in [9.17, 15) is 4.39 Å². The molecule has 1 aromatic heterocycles. The molecule has 7 heavy (non-hydrogen) atoms. The van der Waals surface area contributed by atoms with Gasteiger partial charge in [0.05, 0.1) is 11.7 Å². The van der Waals surface area contributed by atoms with Crippen LogP contribution in [0.1, 0.15) is 0 Å². The topological polar surface area (TPSA) is 25.8 Å². The summed E-state index contributed by atoms with van der Waals surface area (Å²) in [6.45, 7) is 0. The van der Waals surface area contributed by atoms with Crippen LogP contribution in [-0.4, -0.2) is 8.75 Å². The van der Waals surface area contributed by atoms with Gasteiger partial charge in [-0.05, 0) is 0 Å². The molecule has 0 saturated heterocycles. The van der Waals surface area contributed by atoms with Gasteiger partial charge in [-0.2, -0.15) is 8.76 Å². The van der Waals surface area contributed by atoms with Gasteiger partial charge in [0, 0.05) is 0 Å². The minimum Gasteiger partial charge on any atom is -0.180 e. The molecule has 0 atom stereocenters. The smallest absolute Gasteiger partial charge is 0.180 e. The van der Waals surface area contributed by atoms with Gasteiger partial charge in [0.1, 0.15) is 0 Å². The zero-order chi connectivity index (χ0) is 5.28. The Hall–Kier alpha value is -0.220. The molecule has 0 aromatic carbocycles. The summed E-state index contributed by atoms with van der Waals surface area (Å²) in [4.78, 5) is 0. The average molecular weight is 139 g/mol. The highest BCUT2D eigenvalue weighted by Gasteiger charge is 1.99. The van der Waals surface area contributed by atoms with Crippen LogP contribution < -0.4 is 0 Å². The average Bonchev–Trinajstić information content (AvgIpc) is 1.91. The Kier molecular flexibility index (Phi) is 1.21. The lowest BCUT2D eigenvalue weighted by Gasteiger charge is -1.67. The van der Waals surface area contributed by atoms with Gasteiger partial charge in [0.2, 0.25) is 0 Å². The first-order valence-electron chi connectivity index (χ1n) is 1.44. The largest absolute Gasteiger partial charge is 0.263 e. The van der Waals surface area contributed by atoms with E-state index in [1.165, 1.54) is 0 Å². The Bertz CT molecular complexity index is 148. The summed E-state index contributed by atoms with van der Waals surface area (Å²) in [7, 11) is 0. The standard InChI is InChI=1S/C2ClFN2S/c3-1-2(4)6-7-5-1. The van der Waals surface area contributed by atoms with E-state index >= 15 is 0 Å². The van der Waals surface area contributed by atoms with Crippen LogP contribution in [-0.2, 0) is 0 Å². The molecule has 0 aliphatic heterocycles. The summed E-state index contributed by atoms with van der Waals surface area (Å²) in [5, 5.41) is -0.148. The highest BCUT2D eigenvalue weighted by molar-refractivity contribution is 6.99. The minimum atomic E-state index is -0.688. The third kappa shape index (κ3) is 0.863. The van der Waals surface area contributed by atoms with E-state index in [2.05, 4.69) is 8.75 Å². The van der Waals surface area contributed by atoms with Gasteiger partial charge in [-0.3, -0.25) is 0 Å². The molecule has 5 heteroatoms. The molecule has 0 radical (unpaired) electrons. The summed E-state index contributed by atoms with van der Waals surface area (Å²) in [5.41, 5.74) is 0. The number of aromatic nitrogens is 2. The SMILES string of the molecule is Fc1nsnc1Cl. The maximum absolute atomic E-state index is 11.8. The first kappa shape index (κ1) is 4.93. The molecule has 0 unspecified atom stereocenters. The number of halogens is 2. The molecule has 0 amide bonds.